The summed E-state index contributed by atoms with van der Waals surface area (Å²) in [4.78, 5) is 35.8. The molecule has 1 aliphatic heterocycles. The van der Waals surface area contributed by atoms with E-state index in [9.17, 15) is 14.7 Å². The van der Waals surface area contributed by atoms with Crippen molar-refractivity contribution in [2.75, 3.05) is 18.4 Å². The molecule has 3 N–H and O–H groups in total. The van der Waals surface area contributed by atoms with Crippen molar-refractivity contribution in [3.8, 4) is 11.1 Å². The Morgan fingerprint density at radius 1 is 0.925 bits per heavy atom. The minimum Gasteiger partial charge on any atom is -0.481 e. The van der Waals surface area contributed by atoms with E-state index in [1.165, 1.54) is 0 Å². The molecule has 204 valence electrons. The molecule has 0 aliphatic carbocycles. The molecule has 5 rings (SSSR count). The van der Waals surface area contributed by atoms with E-state index < -0.39 is 12.0 Å². The minimum absolute atomic E-state index is 0.135. The maximum atomic E-state index is 13.7. The molecule has 0 saturated carbocycles. The molecular formula is C32H33N5O3. The molecular weight excluding hydrogens is 502 g/mol. The Kier molecular flexibility index (Phi) is 8.59. The van der Waals surface area contributed by atoms with E-state index in [2.05, 4.69) is 31.6 Å². The van der Waals surface area contributed by atoms with Crippen LogP contribution in [0.25, 0.3) is 11.1 Å². The van der Waals surface area contributed by atoms with Crippen LogP contribution in [-0.4, -0.2) is 51.0 Å². The zero-order valence-electron chi connectivity index (χ0n) is 22.5. The van der Waals surface area contributed by atoms with E-state index in [-0.39, 0.29) is 11.8 Å². The van der Waals surface area contributed by atoms with Crippen molar-refractivity contribution in [3.05, 3.63) is 114 Å². The molecule has 1 amide bonds. The number of carbonyl (C=O) groups is 2. The number of anilines is 1. The van der Waals surface area contributed by atoms with E-state index in [1.54, 1.807) is 12.4 Å². The highest BCUT2D eigenvalue weighted by Gasteiger charge is 2.32. The third-order valence-corrected chi connectivity index (χ3v) is 7.06. The maximum absolute atomic E-state index is 13.7. The molecule has 1 saturated heterocycles. The summed E-state index contributed by atoms with van der Waals surface area (Å²) in [5, 5.41) is 15.8. The van der Waals surface area contributed by atoms with Crippen LogP contribution < -0.4 is 10.6 Å². The van der Waals surface area contributed by atoms with E-state index in [0.717, 1.165) is 33.6 Å². The summed E-state index contributed by atoms with van der Waals surface area (Å²) in [6.45, 7) is 4.06. The van der Waals surface area contributed by atoms with Crippen LogP contribution in [-0.2, 0) is 29.1 Å². The first kappa shape index (κ1) is 27.2. The van der Waals surface area contributed by atoms with Gasteiger partial charge in [-0.25, -0.2) is 0 Å². The Balaban J connectivity index is 1.38. The molecule has 0 bridgehead atoms. The quantitative estimate of drug-likeness (QED) is 0.263. The number of aryl methyl sites for hydroxylation is 1. The number of nitrogens with zero attached hydrogens (tertiary/aromatic N) is 3. The monoisotopic (exact) mass is 535 g/mol. The van der Waals surface area contributed by atoms with E-state index in [4.69, 9.17) is 0 Å². The van der Waals surface area contributed by atoms with Gasteiger partial charge in [0.25, 0.3) is 0 Å². The largest absolute Gasteiger partial charge is 0.481 e. The first-order valence-electron chi connectivity index (χ1n) is 13.4. The summed E-state index contributed by atoms with van der Waals surface area (Å²) in [5.41, 5.74) is 6.50. The third kappa shape index (κ3) is 7.16. The highest BCUT2D eigenvalue weighted by Crippen LogP contribution is 2.28. The molecule has 0 radical (unpaired) electrons. The SMILES string of the molecule is Cc1cc(-c2cc(CN3CC(C(=O)O)C3)cc(NC(=O)C(Cc3ccccc3)NCc3ccccn3)c2)ccn1. The van der Waals surface area contributed by atoms with Gasteiger partial charge in [0.05, 0.1) is 17.7 Å². The molecule has 2 aromatic carbocycles. The van der Waals surface area contributed by atoms with Crippen molar-refractivity contribution < 1.29 is 14.7 Å². The van der Waals surface area contributed by atoms with Crippen LogP contribution in [0.2, 0.25) is 0 Å². The average molecular weight is 536 g/mol. The number of likely N-dealkylation sites (tertiary alicyclic amines) is 1. The number of carboxylic acid groups (broad SMARTS) is 1. The Bertz CT molecular complexity index is 1460. The number of aliphatic carboxylic acids is 1. The molecule has 1 unspecified atom stereocenters. The van der Waals surface area contributed by atoms with E-state index in [1.807, 2.05) is 79.7 Å². The van der Waals surface area contributed by atoms with Gasteiger partial charge in [0.15, 0.2) is 0 Å². The van der Waals surface area contributed by atoms with Crippen LogP contribution in [0, 0.1) is 12.8 Å². The predicted molar refractivity (Wildman–Crippen MR) is 154 cm³/mol. The van der Waals surface area contributed by atoms with Gasteiger partial charge in [0.2, 0.25) is 5.91 Å². The number of carbonyl (C=O) groups excluding carboxylic acids is 1. The van der Waals surface area contributed by atoms with Crippen LogP contribution >= 0.6 is 0 Å². The van der Waals surface area contributed by atoms with Crippen molar-refractivity contribution >= 4 is 17.6 Å². The molecule has 8 heteroatoms. The highest BCUT2D eigenvalue weighted by molar-refractivity contribution is 5.95. The fourth-order valence-electron chi connectivity index (χ4n) is 4.93. The molecule has 8 nitrogen and oxygen atoms in total. The number of amides is 1. The van der Waals surface area contributed by atoms with Crippen LogP contribution in [0.4, 0.5) is 5.69 Å². The first-order valence-corrected chi connectivity index (χ1v) is 13.4. The maximum Gasteiger partial charge on any atom is 0.309 e. The van der Waals surface area contributed by atoms with Crippen LogP contribution in [0.3, 0.4) is 0 Å². The van der Waals surface area contributed by atoms with Crippen molar-refractivity contribution in [3.63, 3.8) is 0 Å². The summed E-state index contributed by atoms with van der Waals surface area (Å²) in [5.74, 6) is -1.22. The fourth-order valence-corrected chi connectivity index (χ4v) is 4.93. The zero-order chi connectivity index (χ0) is 27.9. The third-order valence-electron chi connectivity index (χ3n) is 7.06. The number of aromatic nitrogens is 2. The Labute approximate surface area is 234 Å². The normalized spacial score (nSPS) is 14.3. The topological polar surface area (TPSA) is 107 Å². The number of rotatable bonds is 11. The van der Waals surface area contributed by atoms with Crippen molar-refractivity contribution in [2.45, 2.75) is 32.5 Å². The number of hydrogen-bond acceptors (Lipinski definition) is 6. The van der Waals surface area contributed by atoms with E-state index in [0.29, 0.717) is 38.3 Å². The Morgan fingerprint density at radius 3 is 2.45 bits per heavy atom. The summed E-state index contributed by atoms with van der Waals surface area (Å²) in [6.07, 6.45) is 4.05. The smallest absolute Gasteiger partial charge is 0.309 e. The lowest BCUT2D eigenvalue weighted by Gasteiger charge is -2.36. The van der Waals surface area contributed by atoms with Gasteiger partial charge in [-0.05, 0) is 78.1 Å². The van der Waals surface area contributed by atoms with Crippen molar-refractivity contribution in [1.29, 1.82) is 0 Å². The standard InChI is InChI=1S/C32H33N5O3/c1-22-13-25(10-12-33-22)26-14-24(19-37-20-27(21-37)32(39)40)15-29(17-26)36-31(38)30(16-23-7-3-2-4-8-23)35-18-28-9-5-6-11-34-28/h2-15,17,27,30,35H,16,18-21H2,1H3,(H,36,38)(H,39,40). The Morgan fingerprint density at radius 2 is 1.73 bits per heavy atom. The van der Waals surface area contributed by atoms with Gasteiger partial charge in [0, 0.05) is 50.0 Å². The number of carboxylic acids is 1. The van der Waals surface area contributed by atoms with Gasteiger partial charge in [-0.1, -0.05) is 36.4 Å². The molecule has 40 heavy (non-hydrogen) atoms. The van der Waals surface area contributed by atoms with Gasteiger partial charge in [-0.3, -0.25) is 29.8 Å². The molecule has 1 aliphatic rings. The summed E-state index contributed by atoms with van der Waals surface area (Å²) in [6, 6.07) is 25.2. The Hall–Kier alpha value is -4.40. The number of nitrogens with one attached hydrogen (secondary N) is 2. The first-order chi connectivity index (χ1) is 19.4. The predicted octanol–water partition coefficient (Wildman–Crippen LogP) is 4.31. The van der Waals surface area contributed by atoms with Crippen LogP contribution in [0.1, 0.15) is 22.5 Å². The fraction of sp³-hybridized carbons (Fsp3) is 0.250. The van der Waals surface area contributed by atoms with Crippen LogP contribution in [0.5, 0.6) is 0 Å². The van der Waals surface area contributed by atoms with Gasteiger partial charge >= 0.3 is 5.97 Å². The minimum atomic E-state index is -0.757. The van der Waals surface area contributed by atoms with Crippen molar-refractivity contribution in [1.82, 2.24) is 20.2 Å². The molecule has 3 heterocycles. The lowest BCUT2D eigenvalue weighted by Crippen LogP contribution is -2.49. The summed E-state index contributed by atoms with van der Waals surface area (Å²) >= 11 is 0. The second-order valence-electron chi connectivity index (χ2n) is 10.3. The molecule has 4 aromatic rings. The van der Waals surface area contributed by atoms with Crippen molar-refractivity contribution in [2.24, 2.45) is 5.92 Å². The van der Waals surface area contributed by atoms with Gasteiger partial charge in [0.1, 0.15) is 0 Å². The van der Waals surface area contributed by atoms with Gasteiger partial charge in [-0.2, -0.15) is 0 Å². The summed E-state index contributed by atoms with van der Waals surface area (Å²) in [7, 11) is 0. The molecule has 0 spiro atoms. The highest BCUT2D eigenvalue weighted by atomic mass is 16.4. The average Bonchev–Trinajstić information content (AvgIpc) is 2.93. The number of benzene rings is 2. The molecule has 1 fully saturated rings. The van der Waals surface area contributed by atoms with Gasteiger partial charge in [-0.15, -0.1) is 0 Å². The van der Waals surface area contributed by atoms with E-state index >= 15 is 0 Å². The van der Waals surface area contributed by atoms with Gasteiger partial charge < -0.3 is 10.4 Å². The second kappa shape index (κ2) is 12.6. The number of hydrogen-bond donors (Lipinski definition) is 3. The summed E-state index contributed by atoms with van der Waals surface area (Å²) < 4.78 is 0. The molecule has 2 aromatic heterocycles. The molecule has 1 atom stereocenters. The van der Waals surface area contributed by atoms with Crippen LogP contribution in [0.15, 0.2) is 91.3 Å². The second-order valence-corrected chi connectivity index (χ2v) is 10.3. The lowest BCUT2D eigenvalue weighted by molar-refractivity contribution is -0.147. The lowest BCUT2D eigenvalue weighted by atomic mass is 9.97. The number of pyridine rings is 2. The zero-order valence-corrected chi connectivity index (χ0v) is 22.5.